The highest BCUT2D eigenvalue weighted by Gasteiger charge is 2.19. The zero-order valence-electron chi connectivity index (χ0n) is 14.4. The molecule has 0 bridgehead atoms. The number of halogens is 2. The van der Waals surface area contributed by atoms with Gasteiger partial charge in [-0.15, -0.1) is 12.4 Å². The van der Waals surface area contributed by atoms with Gasteiger partial charge < -0.3 is 15.5 Å². The number of hydrogen-bond acceptors (Lipinski definition) is 4. The molecule has 3 aromatic rings. The molecular weight excluding hydrogens is 357 g/mol. The van der Waals surface area contributed by atoms with Gasteiger partial charge in [-0.25, -0.2) is 9.37 Å². The summed E-state index contributed by atoms with van der Waals surface area (Å²) in [5.41, 5.74) is 9.04. The van der Waals surface area contributed by atoms with Crippen molar-refractivity contribution in [3.63, 3.8) is 0 Å². The number of carbonyl (C=O) groups excluding carboxylic acids is 1. The van der Waals surface area contributed by atoms with Crippen molar-refractivity contribution in [2.75, 3.05) is 13.1 Å². The highest BCUT2D eigenvalue weighted by Crippen LogP contribution is 2.19. The van der Waals surface area contributed by atoms with Gasteiger partial charge in [-0.2, -0.15) is 0 Å². The topological polar surface area (TPSA) is 81.2 Å². The number of nitrogens with two attached hydrogens (primary N) is 1. The lowest BCUT2D eigenvalue weighted by molar-refractivity contribution is -0.122. The number of aromatic nitrogens is 1. The van der Waals surface area contributed by atoms with Gasteiger partial charge in [0, 0.05) is 19.5 Å². The van der Waals surface area contributed by atoms with Crippen LogP contribution in [-0.4, -0.2) is 24.0 Å². The Labute approximate surface area is 157 Å². The summed E-state index contributed by atoms with van der Waals surface area (Å²) in [5, 5.41) is 2.84. The molecule has 0 fully saturated rings. The molecule has 0 aliphatic carbocycles. The molecule has 5 nitrogen and oxygen atoms in total. The van der Waals surface area contributed by atoms with Crippen LogP contribution >= 0.6 is 12.4 Å². The van der Waals surface area contributed by atoms with Crippen LogP contribution in [0, 0.1) is 12.7 Å². The average molecular weight is 378 g/mol. The minimum Gasteiger partial charge on any atom is -0.441 e. The van der Waals surface area contributed by atoms with Gasteiger partial charge in [0.1, 0.15) is 11.3 Å². The van der Waals surface area contributed by atoms with Gasteiger partial charge in [0.25, 0.3) is 0 Å². The molecule has 138 valence electrons. The maximum atomic E-state index is 13.0. The monoisotopic (exact) mass is 377 g/mol. The van der Waals surface area contributed by atoms with Gasteiger partial charge in [0.15, 0.2) is 11.5 Å². The van der Waals surface area contributed by atoms with E-state index < -0.39 is 5.92 Å². The van der Waals surface area contributed by atoms with Crippen molar-refractivity contribution in [3.8, 4) is 0 Å². The van der Waals surface area contributed by atoms with Crippen LogP contribution in [0.1, 0.15) is 22.9 Å². The fourth-order valence-electron chi connectivity index (χ4n) is 2.74. The minimum absolute atomic E-state index is 0. The minimum atomic E-state index is -0.508. The van der Waals surface area contributed by atoms with Crippen LogP contribution in [0.3, 0.4) is 0 Å². The van der Waals surface area contributed by atoms with Crippen LogP contribution in [0.4, 0.5) is 4.39 Å². The van der Waals surface area contributed by atoms with Gasteiger partial charge in [-0.3, -0.25) is 4.79 Å². The fourth-order valence-corrected chi connectivity index (χ4v) is 2.74. The number of hydrogen-bond donors (Lipinski definition) is 2. The van der Waals surface area contributed by atoms with Crippen molar-refractivity contribution in [1.29, 1.82) is 0 Å². The molecule has 1 unspecified atom stereocenters. The van der Waals surface area contributed by atoms with Crippen molar-refractivity contribution in [2.24, 2.45) is 5.73 Å². The molecule has 26 heavy (non-hydrogen) atoms. The molecule has 1 atom stereocenters. The molecular formula is C19H21ClFN3O2. The van der Waals surface area contributed by atoms with Gasteiger partial charge in [-0.05, 0) is 36.2 Å². The summed E-state index contributed by atoms with van der Waals surface area (Å²) in [4.78, 5) is 16.8. The second-order valence-electron chi connectivity index (χ2n) is 5.91. The van der Waals surface area contributed by atoms with E-state index in [1.165, 1.54) is 12.1 Å². The predicted molar refractivity (Wildman–Crippen MR) is 101 cm³/mol. The molecule has 1 aromatic heterocycles. The van der Waals surface area contributed by atoms with Crippen molar-refractivity contribution in [2.45, 2.75) is 19.3 Å². The highest BCUT2D eigenvalue weighted by atomic mass is 35.5. The SMILES string of the molecule is Cc1cccc2oc(CCNC(=O)C(CN)c3ccc(F)cc3)nc12.Cl. The standard InChI is InChI=1S/C19H20FN3O2.ClH/c1-12-3-2-4-16-18(12)23-17(25-16)9-10-22-19(24)15(11-21)13-5-7-14(20)8-6-13;/h2-8,15H,9-11,21H2,1H3,(H,22,24);1H. The third-order valence-corrected chi connectivity index (χ3v) is 4.13. The summed E-state index contributed by atoms with van der Waals surface area (Å²) in [6.07, 6.45) is 0.487. The predicted octanol–water partition coefficient (Wildman–Crippen LogP) is 3.10. The molecule has 1 heterocycles. The first-order valence-corrected chi connectivity index (χ1v) is 8.16. The number of aryl methyl sites for hydroxylation is 1. The first kappa shape index (κ1) is 19.9. The average Bonchev–Trinajstić information content (AvgIpc) is 3.02. The molecule has 3 N–H and O–H groups in total. The van der Waals surface area contributed by atoms with E-state index in [-0.39, 0.29) is 30.7 Å². The summed E-state index contributed by atoms with van der Waals surface area (Å²) in [6, 6.07) is 11.6. The summed E-state index contributed by atoms with van der Waals surface area (Å²) in [7, 11) is 0. The maximum Gasteiger partial charge on any atom is 0.228 e. The molecule has 0 radical (unpaired) electrons. The molecule has 0 saturated heterocycles. The van der Waals surface area contributed by atoms with E-state index in [1.807, 2.05) is 25.1 Å². The Kier molecular flexibility index (Phi) is 6.71. The number of rotatable bonds is 6. The fraction of sp³-hybridized carbons (Fsp3) is 0.263. The van der Waals surface area contributed by atoms with E-state index in [0.717, 1.165) is 16.7 Å². The van der Waals surface area contributed by atoms with Crippen LogP contribution < -0.4 is 11.1 Å². The van der Waals surface area contributed by atoms with Gasteiger partial charge in [-0.1, -0.05) is 24.3 Å². The van der Waals surface area contributed by atoms with Gasteiger partial charge >= 0.3 is 0 Å². The Balaban J connectivity index is 0.00000243. The first-order valence-electron chi connectivity index (χ1n) is 8.16. The molecule has 0 aliphatic rings. The lowest BCUT2D eigenvalue weighted by Crippen LogP contribution is -2.34. The van der Waals surface area contributed by atoms with E-state index in [9.17, 15) is 9.18 Å². The molecule has 0 aliphatic heterocycles. The van der Waals surface area contributed by atoms with Crippen LogP contribution in [0.2, 0.25) is 0 Å². The van der Waals surface area contributed by atoms with Crippen LogP contribution in [0.15, 0.2) is 46.9 Å². The Hall–Kier alpha value is -2.44. The smallest absolute Gasteiger partial charge is 0.228 e. The Morgan fingerprint density at radius 3 is 2.65 bits per heavy atom. The summed E-state index contributed by atoms with van der Waals surface area (Å²) in [5.74, 6) is -0.463. The zero-order chi connectivity index (χ0) is 17.8. The molecule has 7 heteroatoms. The van der Waals surface area contributed by atoms with Crippen molar-refractivity contribution in [1.82, 2.24) is 10.3 Å². The molecule has 1 amide bonds. The van der Waals surface area contributed by atoms with Crippen LogP contribution in [-0.2, 0) is 11.2 Å². The second kappa shape index (κ2) is 8.78. The molecule has 0 spiro atoms. The van der Waals surface area contributed by atoms with Crippen LogP contribution in [0.25, 0.3) is 11.1 Å². The van der Waals surface area contributed by atoms with E-state index >= 15 is 0 Å². The quantitative estimate of drug-likeness (QED) is 0.691. The van der Waals surface area contributed by atoms with Crippen molar-refractivity contribution < 1.29 is 13.6 Å². The largest absolute Gasteiger partial charge is 0.441 e. The Morgan fingerprint density at radius 1 is 1.27 bits per heavy atom. The number of carbonyl (C=O) groups is 1. The summed E-state index contributed by atoms with van der Waals surface area (Å²) in [6.45, 7) is 2.52. The summed E-state index contributed by atoms with van der Waals surface area (Å²) >= 11 is 0. The Bertz CT molecular complexity index is 880. The second-order valence-corrected chi connectivity index (χ2v) is 5.91. The van der Waals surface area contributed by atoms with E-state index in [4.69, 9.17) is 10.2 Å². The van der Waals surface area contributed by atoms with Gasteiger partial charge in [0.05, 0.1) is 5.92 Å². The summed E-state index contributed by atoms with van der Waals surface area (Å²) < 4.78 is 18.7. The highest BCUT2D eigenvalue weighted by molar-refractivity contribution is 5.85. The third-order valence-electron chi connectivity index (χ3n) is 4.13. The van der Waals surface area contributed by atoms with E-state index in [1.54, 1.807) is 12.1 Å². The lowest BCUT2D eigenvalue weighted by atomic mass is 9.98. The third kappa shape index (κ3) is 4.39. The van der Waals surface area contributed by atoms with Crippen LogP contribution in [0.5, 0.6) is 0 Å². The number of benzene rings is 2. The number of nitrogens with zero attached hydrogens (tertiary/aromatic N) is 1. The van der Waals surface area contributed by atoms with Crippen molar-refractivity contribution >= 4 is 29.4 Å². The number of para-hydroxylation sites is 1. The lowest BCUT2D eigenvalue weighted by Gasteiger charge is -2.15. The first-order chi connectivity index (χ1) is 12.1. The zero-order valence-corrected chi connectivity index (χ0v) is 15.2. The number of nitrogens with one attached hydrogen (secondary N) is 1. The van der Waals surface area contributed by atoms with E-state index in [2.05, 4.69) is 10.3 Å². The number of amides is 1. The van der Waals surface area contributed by atoms with E-state index in [0.29, 0.717) is 24.4 Å². The normalized spacial score (nSPS) is 11.8. The molecule has 3 rings (SSSR count). The number of oxazole rings is 1. The maximum absolute atomic E-state index is 13.0. The molecule has 0 saturated carbocycles. The van der Waals surface area contributed by atoms with Gasteiger partial charge in [0.2, 0.25) is 5.91 Å². The number of fused-ring (bicyclic) bond motifs is 1. The Morgan fingerprint density at radius 2 is 2.00 bits per heavy atom. The molecule has 2 aromatic carbocycles. The van der Waals surface area contributed by atoms with Crippen molar-refractivity contribution in [3.05, 3.63) is 65.3 Å².